The van der Waals surface area contributed by atoms with Crippen LogP contribution in [0.3, 0.4) is 0 Å². The number of carbonyl (C=O) groups excluding carboxylic acids is 1. The Morgan fingerprint density at radius 1 is 1.25 bits per heavy atom. The molecule has 0 spiro atoms. The zero-order valence-corrected chi connectivity index (χ0v) is 14.3. The molecule has 0 atom stereocenters. The minimum atomic E-state index is 0.274. The van der Waals surface area contributed by atoms with Crippen molar-refractivity contribution in [3.8, 4) is 0 Å². The molecule has 1 aromatic heterocycles. The molecule has 2 nitrogen and oxygen atoms in total. The monoisotopic (exact) mass is 355 g/mol. The Labute approximate surface area is 133 Å². The Morgan fingerprint density at radius 3 is 2.75 bits per heavy atom. The Hall–Kier alpha value is -0.350. The second kappa shape index (κ2) is 6.61. The van der Waals surface area contributed by atoms with Gasteiger partial charge in [-0.1, -0.05) is 22.4 Å². The number of aryl methyl sites for hydroxylation is 2. The highest BCUT2D eigenvalue weighted by Crippen LogP contribution is 2.30. The van der Waals surface area contributed by atoms with E-state index >= 15 is 0 Å². The first-order valence-corrected chi connectivity index (χ1v) is 9.68. The zero-order chi connectivity index (χ0) is 13.9. The van der Waals surface area contributed by atoms with Gasteiger partial charge < -0.3 is 4.90 Å². The number of amides is 1. The van der Waals surface area contributed by atoms with Crippen LogP contribution in [0.2, 0.25) is 0 Å². The highest BCUT2D eigenvalue weighted by Gasteiger charge is 2.25. The summed E-state index contributed by atoms with van der Waals surface area (Å²) >= 11 is 5.31. The third-order valence-electron chi connectivity index (χ3n) is 4.58. The SMILES string of the molecule is O=C(c1cc2c(s1)CCCCC2)N1CCC(CBr)CC1. The Kier molecular flexibility index (Phi) is 4.82. The second-order valence-corrected chi connectivity index (χ2v) is 7.79. The summed E-state index contributed by atoms with van der Waals surface area (Å²) in [6.07, 6.45) is 8.55. The molecule has 0 unspecified atom stereocenters. The molecule has 2 aliphatic rings. The molecule has 0 N–H and O–H groups in total. The summed E-state index contributed by atoms with van der Waals surface area (Å²) in [6, 6.07) is 2.18. The van der Waals surface area contributed by atoms with Crippen molar-refractivity contribution in [3.63, 3.8) is 0 Å². The molecule has 0 aromatic carbocycles. The molecular formula is C16H22BrNOS. The zero-order valence-electron chi connectivity index (χ0n) is 11.9. The Balaban J connectivity index is 1.68. The average Bonchev–Trinajstić information content (AvgIpc) is 2.77. The summed E-state index contributed by atoms with van der Waals surface area (Å²) in [4.78, 5) is 17.1. The maximum Gasteiger partial charge on any atom is 0.263 e. The number of fused-ring (bicyclic) bond motifs is 1. The highest BCUT2D eigenvalue weighted by atomic mass is 79.9. The maximum atomic E-state index is 12.6. The molecule has 0 bridgehead atoms. The van der Waals surface area contributed by atoms with E-state index in [4.69, 9.17) is 0 Å². The molecule has 3 rings (SSSR count). The van der Waals surface area contributed by atoms with Gasteiger partial charge in [0.2, 0.25) is 0 Å². The molecule has 0 saturated carbocycles. The molecular weight excluding hydrogens is 334 g/mol. The number of piperidine rings is 1. The van der Waals surface area contributed by atoms with Crippen LogP contribution >= 0.6 is 27.3 Å². The van der Waals surface area contributed by atoms with Crippen LogP contribution in [0.1, 0.15) is 52.2 Å². The second-order valence-electron chi connectivity index (χ2n) is 6.01. The van der Waals surface area contributed by atoms with Gasteiger partial charge in [-0.3, -0.25) is 4.79 Å². The smallest absolute Gasteiger partial charge is 0.263 e. The third-order valence-corrected chi connectivity index (χ3v) is 6.72. The van der Waals surface area contributed by atoms with Crippen molar-refractivity contribution in [2.75, 3.05) is 18.4 Å². The summed E-state index contributed by atoms with van der Waals surface area (Å²) in [5.41, 5.74) is 1.45. The average molecular weight is 356 g/mol. The van der Waals surface area contributed by atoms with Crippen molar-refractivity contribution in [2.45, 2.75) is 44.9 Å². The lowest BCUT2D eigenvalue weighted by Crippen LogP contribution is -2.38. The third kappa shape index (κ3) is 3.11. The summed E-state index contributed by atoms with van der Waals surface area (Å²) in [7, 11) is 0. The molecule has 1 aliphatic carbocycles. The van der Waals surface area contributed by atoms with Gasteiger partial charge in [-0.05, 0) is 56.1 Å². The van der Waals surface area contributed by atoms with E-state index in [0.29, 0.717) is 0 Å². The van der Waals surface area contributed by atoms with Crippen molar-refractivity contribution in [2.24, 2.45) is 5.92 Å². The van der Waals surface area contributed by atoms with E-state index in [-0.39, 0.29) is 5.91 Å². The van der Waals surface area contributed by atoms with Gasteiger partial charge in [0.15, 0.2) is 0 Å². The normalized spacial score (nSPS) is 20.6. The van der Waals surface area contributed by atoms with Gasteiger partial charge in [-0.25, -0.2) is 0 Å². The predicted molar refractivity (Wildman–Crippen MR) is 88.0 cm³/mol. The van der Waals surface area contributed by atoms with Crippen LogP contribution in [0.5, 0.6) is 0 Å². The van der Waals surface area contributed by atoms with E-state index in [1.165, 1.54) is 42.5 Å². The molecule has 1 amide bonds. The molecule has 0 radical (unpaired) electrons. The van der Waals surface area contributed by atoms with Gasteiger partial charge in [0, 0.05) is 23.3 Å². The van der Waals surface area contributed by atoms with E-state index in [0.717, 1.165) is 42.1 Å². The first-order valence-electron chi connectivity index (χ1n) is 7.74. The summed E-state index contributed by atoms with van der Waals surface area (Å²) < 4.78 is 0. The number of likely N-dealkylation sites (tertiary alicyclic amines) is 1. The first-order chi connectivity index (χ1) is 9.78. The van der Waals surface area contributed by atoms with E-state index in [9.17, 15) is 4.79 Å². The van der Waals surface area contributed by atoms with Crippen LogP contribution in [0.25, 0.3) is 0 Å². The number of halogens is 1. The molecule has 20 heavy (non-hydrogen) atoms. The van der Waals surface area contributed by atoms with E-state index < -0.39 is 0 Å². The number of carbonyl (C=O) groups is 1. The van der Waals surface area contributed by atoms with Crippen molar-refractivity contribution < 1.29 is 4.79 Å². The summed E-state index contributed by atoms with van der Waals surface area (Å²) in [5, 5.41) is 1.07. The predicted octanol–water partition coefficient (Wildman–Crippen LogP) is 4.26. The first kappa shape index (κ1) is 14.6. The number of hydrogen-bond donors (Lipinski definition) is 0. The molecule has 1 aromatic rings. The number of alkyl halides is 1. The van der Waals surface area contributed by atoms with Crippen LogP contribution in [0.4, 0.5) is 0 Å². The number of hydrogen-bond acceptors (Lipinski definition) is 2. The van der Waals surface area contributed by atoms with Crippen molar-refractivity contribution >= 4 is 33.2 Å². The lowest BCUT2D eigenvalue weighted by molar-refractivity contribution is 0.0704. The van der Waals surface area contributed by atoms with Crippen molar-refractivity contribution in [1.82, 2.24) is 4.90 Å². The molecule has 4 heteroatoms. The standard InChI is InChI=1S/C16H22BrNOS/c17-11-12-6-8-18(9-7-12)16(19)15-10-13-4-2-1-3-5-14(13)20-15/h10,12H,1-9,11H2. The van der Waals surface area contributed by atoms with E-state index in [1.54, 1.807) is 11.3 Å². The van der Waals surface area contributed by atoms with Crippen LogP contribution in [0.15, 0.2) is 6.07 Å². The largest absolute Gasteiger partial charge is 0.338 e. The molecule has 110 valence electrons. The van der Waals surface area contributed by atoms with Crippen molar-refractivity contribution in [3.05, 3.63) is 21.4 Å². The molecule has 1 aliphatic heterocycles. The maximum absolute atomic E-state index is 12.6. The fourth-order valence-corrected chi connectivity index (χ4v) is 5.09. The quantitative estimate of drug-likeness (QED) is 0.573. The molecule has 1 fully saturated rings. The molecule has 1 saturated heterocycles. The van der Waals surface area contributed by atoms with Gasteiger partial charge in [0.05, 0.1) is 4.88 Å². The minimum Gasteiger partial charge on any atom is -0.338 e. The van der Waals surface area contributed by atoms with Crippen LogP contribution < -0.4 is 0 Å². The summed E-state index contributed by atoms with van der Waals surface area (Å²) in [5.74, 6) is 1.02. The van der Waals surface area contributed by atoms with E-state index in [1.807, 2.05) is 0 Å². The Bertz CT molecular complexity index is 453. The van der Waals surface area contributed by atoms with Gasteiger partial charge in [0.1, 0.15) is 0 Å². The number of nitrogens with zero attached hydrogens (tertiary/aromatic N) is 1. The summed E-state index contributed by atoms with van der Waals surface area (Å²) in [6.45, 7) is 1.86. The number of rotatable bonds is 2. The van der Waals surface area contributed by atoms with Crippen LogP contribution in [0, 0.1) is 5.92 Å². The van der Waals surface area contributed by atoms with Crippen LogP contribution in [-0.2, 0) is 12.8 Å². The van der Waals surface area contributed by atoms with Gasteiger partial charge in [0.25, 0.3) is 5.91 Å². The fraction of sp³-hybridized carbons (Fsp3) is 0.688. The lowest BCUT2D eigenvalue weighted by atomic mass is 9.99. The fourth-order valence-electron chi connectivity index (χ4n) is 3.22. The highest BCUT2D eigenvalue weighted by molar-refractivity contribution is 9.09. The van der Waals surface area contributed by atoms with Crippen molar-refractivity contribution in [1.29, 1.82) is 0 Å². The Morgan fingerprint density at radius 2 is 2.00 bits per heavy atom. The van der Waals surface area contributed by atoms with E-state index in [2.05, 4.69) is 26.9 Å². The minimum absolute atomic E-state index is 0.274. The van der Waals surface area contributed by atoms with Crippen LogP contribution in [-0.4, -0.2) is 29.2 Å². The lowest BCUT2D eigenvalue weighted by Gasteiger charge is -2.30. The number of thiophene rings is 1. The van der Waals surface area contributed by atoms with Gasteiger partial charge in [-0.15, -0.1) is 11.3 Å². The molecule has 2 heterocycles. The topological polar surface area (TPSA) is 20.3 Å². The van der Waals surface area contributed by atoms with Gasteiger partial charge >= 0.3 is 0 Å². The van der Waals surface area contributed by atoms with Gasteiger partial charge in [-0.2, -0.15) is 0 Å².